The molecule has 0 heterocycles. The molecular weight excluding hydrogens is 617 g/mol. The molecule has 0 amide bonds. The molecule has 4 nitrogen and oxygen atoms in total. The van der Waals surface area contributed by atoms with Gasteiger partial charge in [-0.25, -0.2) is 22.0 Å². The predicted molar refractivity (Wildman–Crippen MR) is 148 cm³/mol. The van der Waals surface area contributed by atoms with Crippen molar-refractivity contribution in [3.63, 3.8) is 0 Å². The summed E-state index contributed by atoms with van der Waals surface area (Å²) in [5, 5.41) is 0. The lowest BCUT2D eigenvalue weighted by Crippen LogP contribution is -3.00. The quantitative estimate of drug-likeness (QED) is 0.216. The first-order valence-corrected chi connectivity index (χ1v) is 10.2. The molecule has 0 aliphatic heterocycles. The van der Waals surface area contributed by atoms with Gasteiger partial charge in [0, 0.05) is 6.67 Å². The van der Waals surface area contributed by atoms with Gasteiger partial charge in [0.1, 0.15) is 6.67 Å². The third-order valence-electron chi connectivity index (χ3n) is 0.996. The molecule has 0 unspecified atom stereocenters. The molecule has 0 saturated carbocycles. The molecule has 9 N–H and O–H groups in total. The molecule has 0 aromatic rings. The Morgan fingerprint density at radius 1 is 0.595 bits per heavy atom. The molecule has 0 aliphatic rings. The fourth-order valence-corrected chi connectivity index (χ4v) is 0. The fourth-order valence-electron chi connectivity index (χ4n) is 0. The maximum Gasteiger partial charge on any atom is 0.416 e. The number of halogens is 15. The fraction of sp³-hybridized carbons (Fsp3) is 0.913. The van der Waals surface area contributed by atoms with Crippen LogP contribution in [0, 0.1) is 0 Å². The average Bonchev–Trinajstić information content (AvgIpc) is 2.85. The lowest BCUT2D eigenvalue weighted by molar-refractivity contribution is -0.365. The molecule has 0 aromatic heterocycles. The molecule has 0 atom stereocenters. The minimum atomic E-state index is -4.62. The predicted octanol–water partition coefficient (Wildman–Crippen LogP) is 6.06. The smallest absolute Gasteiger partial charge is 0.416 e. The van der Waals surface area contributed by atoms with Crippen LogP contribution in [0.15, 0.2) is 12.4 Å². The van der Waals surface area contributed by atoms with E-state index in [9.17, 15) is 61.5 Å². The Bertz CT molecular complexity index is 264. The number of allylic oxidation sites excluding steroid dienone is 1. The van der Waals surface area contributed by atoms with Crippen molar-refractivity contribution in [3.05, 3.63) is 12.4 Å². The molecule has 0 aliphatic carbocycles. The summed E-state index contributed by atoms with van der Waals surface area (Å²) in [6, 6.07) is 0. The summed E-state index contributed by atoms with van der Waals surface area (Å²) in [4.78, 5) is 0. The van der Waals surface area contributed by atoms with Gasteiger partial charge in [-0.15, -0.1) is 0 Å². The van der Waals surface area contributed by atoms with E-state index in [0.29, 0.717) is 32.3 Å². The molecule has 278 valence electrons. The lowest BCUT2D eigenvalue weighted by Gasteiger charge is -1.93. The van der Waals surface area contributed by atoms with E-state index < -0.39 is 32.6 Å². The minimum absolute atomic E-state index is 0. The Kier molecular flexibility index (Phi) is 227. The van der Waals surface area contributed by atoms with Gasteiger partial charge >= 0.3 is 12.4 Å². The van der Waals surface area contributed by atoms with Gasteiger partial charge in [-0.3, -0.25) is 18.9 Å². The van der Waals surface area contributed by atoms with E-state index >= 15 is 0 Å². The topological polar surface area (TPSA) is 106 Å². The van der Waals surface area contributed by atoms with Crippen LogP contribution < -0.4 is 27.6 Å². The second-order valence-corrected chi connectivity index (χ2v) is 4.65. The van der Waals surface area contributed by atoms with Crippen molar-refractivity contribution < 1.29 is 71.9 Å². The number of hydrogen-bond acceptors (Lipinski definition) is 3. The average molecular weight is 679 g/mol. The third kappa shape index (κ3) is 746. The minimum Gasteiger partial charge on any atom is -1.00 e. The zero-order valence-corrected chi connectivity index (χ0v) is 22.0. The molecule has 0 rings (SSSR count). The van der Waals surface area contributed by atoms with Crippen LogP contribution in [-0.4, -0.2) is 66.0 Å². The Balaban J connectivity index is -0.0000000174. The largest absolute Gasteiger partial charge is 1.00 e. The van der Waals surface area contributed by atoms with Crippen LogP contribution in [0.2, 0.25) is 0 Å². The van der Waals surface area contributed by atoms with Crippen molar-refractivity contribution in [1.82, 2.24) is 0 Å². The van der Waals surface area contributed by atoms with Crippen molar-refractivity contribution in [2.45, 2.75) is 89.0 Å². The molecule has 0 bridgehead atoms. The highest BCUT2D eigenvalue weighted by atomic mass is 19.4. The first-order valence-electron chi connectivity index (χ1n) is 10.2. The molecule has 0 fully saturated rings. The molecular formula is C23H61F15N4. The van der Waals surface area contributed by atoms with Crippen LogP contribution in [0.3, 0.4) is 0 Å². The second kappa shape index (κ2) is 106. The Morgan fingerprint density at radius 3 is 0.667 bits per heavy atom. The van der Waals surface area contributed by atoms with E-state index in [1.807, 2.05) is 0 Å². The molecule has 0 radical (unpaired) electrons. The normalized spacial score (nSPS) is 7.76. The van der Waals surface area contributed by atoms with Gasteiger partial charge in [-0.2, -0.15) is 26.3 Å². The number of rotatable bonds is 3. The van der Waals surface area contributed by atoms with E-state index in [-0.39, 0.29) is 61.1 Å². The van der Waals surface area contributed by atoms with Crippen molar-refractivity contribution in [3.8, 4) is 0 Å². The van der Waals surface area contributed by atoms with Crippen molar-refractivity contribution in [2.75, 3.05) is 53.6 Å². The van der Waals surface area contributed by atoms with Gasteiger partial charge in [0.15, 0.2) is 13.3 Å². The third-order valence-corrected chi connectivity index (χ3v) is 0.996. The van der Waals surface area contributed by atoms with Crippen LogP contribution in [-0.2, 0) is 0 Å². The van der Waals surface area contributed by atoms with Gasteiger partial charge < -0.3 is 21.9 Å². The highest BCUT2D eigenvalue weighted by Gasteiger charge is 2.26. The maximum absolute atomic E-state index is 10.7. The first kappa shape index (κ1) is 90.0. The van der Waals surface area contributed by atoms with E-state index in [4.69, 9.17) is 5.73 Å². The van der Waals surface area contributed by atoms with Gasteiger partial charge in [0.2, 0.25) is 6.93 Å². The zero-order chi connectivity index (χ0) is 32.2. The molecule has 0 spiro atoms. The van der Waals surface area contributed by atoms with Crippen LogP contribution >= 0.6 is 0 Å². The standard InChI is InChI=1S/3C3H7F.C3H5F.2C2H2F4.CH2F2.2CH6N2.4CH4.FH/c4*1-2-3-4;2*3-1-2(4,5)6;3*2-1-3;;;;;/h3*2-3H2,1H3;2-3H,1H3;2*1H2;1H2;2*1-3H2;4*1H4;1H. The monoisotopic (exact) mass is 678 g/mol. The summed E-state index contributed by atoms with van der Waals surface area (Å²) in [5.41, 5.74) is 17.2. The lowest BCUT2D eigenvalue weighted by atomic mass is 10.6. The Morgan fingerprint density at radius 2 is 0.667 bits per heavy atom. The van der Waals surface area contributed by atoms with Gasteiger partial charge in [-0.05, 0) is 26.2 Å². The number of hydrogen-bond donors (Lipinski definition) is 4. The summed E-state index contributed by atoms with van der Waals surface area (Å²) in [5.74, 6) is 0. The highest BCUT2D eigenvalue weighted by molar-refractivity contribution is 4.61. The first-order chi connectivity index (χ1) is 17.0. The van der Waals surface area contributed by atoms with Crippen LogP contribution in [0.25, 0.3) is 0 Å². The van der Waals surface area contributed by atoms with Crippen molar-refractivity contribution in [1.29, 1.82) is 0 Å². The summed E-state index contributed by atoms with van der Waals surface area (Å²) in [7, 11) is 0. The Labute approximate surface area is 245 Å². The second-order valence-electron chi connectivity index (χ2n) is 4.65. The van der Waals surface area contributed by atoms with Crippen molar-refractivity contribution >= 4 is 0 Å². The molecule has 19 heteroatoms. The van der Waals surface area contributed by atoms with E-state index in [1.165, 1.54) is 6.08 Å². The SMILES string of the molecule is C.C.C.C.CC=CF.CCCF.CCCF.CCCF.FCC(F)(F)F.FCC(F)(F)F.FCF.NCN.NC[NH3+].[F-]. The van der Waals surface area contributed by atoms with Crippen LogP contribution in [0.1, 0.15) is 76.7 Å². The van der Waals surface area contributed by atoms with E-state index in [0.717, 1.165) is 0 Å². The van der Waals surface area contributed by atoms with Crippen molar-refractivity contribution in [2.24, 2.45) is 17.2 Å². The summed E-state index contributed by atoms with van der Waals surface area (Å²) >= 11 is 0. The number of quaternary nitrogens is 1. The molecule has 0 saturated heterocycles. The summed E-state index contributed by atoms with van der Waals surface area (Å²) in [6.45, 7) is 1.04. The highest BCUT2D eigenvalue weighted by Crippen LogP contribution is 2.13. The van der Waals surface area contributed by atoms with Gasteiger partial charge in [-0.1, -0.05) is 56.6 Å². The number of nitrogens with two attached hydrogens (primary N) is 3. The van der Waals surface area contributed by atoms with Gasteiger partial charge in [0.05, 0.1) is 26.4 Å². The summed E-state index contributed by atoms with van der Waals surface area (Å²) < 4.78 is 145. The van der Waals surface area contributed by atoms with E-state index in [1.54, 1.807) is 27.7 Å². The zero-order valence-electron chi connectivity index (χ0n) is 22.0. The Hall–Kier alpha value is -1.47. The molecule has 0 aromatic carbocycles. The number of alkyl halides is 13. The summed E-state index contributed by atoms with van der Waals surface area (Å²) in [6.07, 6.45) is -5.46. The van der Waals surface area contributed by atoms with E-state index in [2.05, 4.69) is 17.2 Å². The molecule has 42 heavy (non-hydrogen) atoms. The van der Waals surface area contributed by atoms with Crippen LogP contribution in [0.5, 0.6) is 0 Å². The van der Waals surface area contributed by atoms with Gasteiger partial charge in [0.25, 0.3) is 0 Å². The maximum atomic E-state index is 10.7. The van der Waals surface area contributed by atoms with Crippen LogP contribution in [0.4, 0.5) is 61.5 Å².